The molecule has 1 saturated heterocycles. The number of hydrogen-bond acceptors (Lipinski definition) is 5. The molecule has 4 atom stereocenters. The summed E-state index contributed by atoms with van der Waals surface area (Å²) in [4.78, 5) is 24.9. The molecular weight excluding hydrogens is 343 g/mol. The molecule has 0 aromatic heterocycles. The Hall–Kier alpha value is -1.22. The monoisotopic (exact) mass is 359 g/mol. The van der Waals surface area contributed by atoms with E-state index in [1.165, 1.54) is 0 Å². The topological polar surface area (TPSA) is 65.1 Å². The Balaban J connectivity index is 2.24. The fourth-order valence-electron chi connectivity index (χ4n) is 2.57. The highest BCUT2D eigenvalue weighted by Crippen LogP contribution is 2.52. The molecule has 0 radical (unpaired) electrons. The van der Waals surface area contributed by atoms with E-state index < -0.39 is 60.6 Å². The van der Waals surface area contributed by atoms with Crippen molar-refractivity contribution in [2.75, 3.05) is 12.7 Å². The fraction of sp³-hybridized carbons (Fsp3) is 0.846. The third-order valence-electron chi connectivity index (χ3n) is 3.47. The van der Waals surface area contributed by atoms with Gasteiger partial charge in [-0.15, -0.1) is 0 Å². The predicted octanol–water partition coefficient (Wildman–Crippen LogP) is 2.29. The Bertz CT molecular complexity index is 493. The third-order valence-corrected chi connectivity index (χ3v) is 3.58. The maximum absolute atomic E-state index is 13.0. The van der Waals surface area contributed by atoms with Gasteiger partial charge in [0.15, 0.2) is 12.1 Å². The number of fused-ring (bicyclic) bond motifs is 1. The van der Waals surface area contributed by atoms with Crippen molar-refractivity contribution in [1.82, 2.24) is 4.90 Å². The molecular formula is C13H17ClF3NO5. The molecule has 2 rings (SSSR count). The smallest absolute Gasteiger partial charge is 0.411 e. The van der Waals surface area contributed by atoms with Gasteiger partial charge in [-0.3, -0.25) is 4.90 Å². The Labute approximate surface area is 135 Å². The van der Waals surface area contributed by atoms with Crippen molar-refractivity contribution in [2.45, 2.75) is 50.7 Å². The van der Waals surface area contributed by atoms with Crippen molar-refractivity contribution in [3.63, 3.8) is 0 Å². The van der Waals surface area contributed by atoms with Crippen LogP contribution in [-0.2, 0) is 19.0 Å². The molecule has 0 spiro atoms. The van der Waals surface area contributed by atoms with Gasteiger partial charge in [0.2, 0.25) is 0 Å². The molecule has 1 aliphatic heterocycles. The third kappa shape index (κ3) is 3.82. The summed E-state index contributed by atoms with van der Waals surface area (Å²) in [7, 11) is 0. The number of hydrogen-bond donors (Lipinski definition) is 0. The van der Waals surface area contributed by atoms with Crippen LogP contribution in [0.1, 0.15) is 20.8 Å². The minimum Gasteiger partial charge on any atom is -0.448 e. The number of alkyl halides is 4. The second kappa shape index (κ2) is 6.01. The van der Waals surface area contributed by atoms with Crippen molar-refractivity contribution in [2.24, 2.45) is 5.92 Å². The minimum absolute atomic E-state index is 0.400. The van der Waals surface area contributed by atoms with Crippen molar-refractivity contribution in [1.29, 1.82) is 0 Å². The van der Waals surface area contributed by atoms with Gasteiger partial charge in [-0.25, -0.2) is 9.59 Å². The molecule has 1 unspecified atom stereocenters. The quantitative estimate of drug-likeness (QED) is 0.559. The molecule has 6 nitrogen and oxygen atoms in total. The summed E-state index contributed by atoms with van der Waals surface area (Å²) in [6.45, 7) is 4.32. The average Bonchev–Trinajstić information content (AvgIpc) is 3.09. The van der Waals surface area contributed by atoms with E-state index in [1.54, 1.807) is 20.8 Å². The van der Waals surface area contributed by atoms with Crippen LogP contribution >= 0.6 is 11.6 Å². The van der Waals surface area contributed by atoms with Gasteiger partial charge in [-0.05, 0) is 20.8 Å². The summed E-state index contributed by atoms with van der Waals surface area (Å²) < 4.78 is 53.8. The first-order valence-electron chi connectivity index (χ1n) is 6.89. The number of morpholine rings is 1. The molecule has 23 heavy (non-hydrogen) atoms. The Morgan fingerprint density at radius 3 is 2.39 bits per heavy atom. The van der Waals surface area contributed by atoms with E-state index in [4.69, 9.17) is 21.1 Å². The molecule has 2 fully saturated rings. The Morgan fingerprint density at radius 1 is 1.30 bits per heavy atom. The number of esters is 1. The van der Waals surface area contributed by atoms with Gasteiger partial charge >= 0.3 is 18.2 Å². The minimum atomic E-state index is -4.54. The maximum atomic E-state index is 13.0. The number of carbonyl (C=O) groups is 2. The van der Waals surface area contributed by atoms with Crippen LogP contribution < -0.4 is 0 Å². The Morgan fingerprint density at radius 2 is 1.91 bits per heavy atom. The van der Waals surface area contributed by atoms with Gasteiger partial charge in [0, 0.05) is 0 Å². The van der Waals surface area contributed by atoms with Crippen LogP contribution in [0.25, 0.3) is 0 Å². The first-order chi connectivity index (χ1) is 10.5. The van der Waals surface area contributed by atoms with Crippen LogP contribution in [0.15, 0.2) is 0 Å². The van der Waals surface area contributed by atoms with Crippen LogP contribution in [-0.4, -0.2) is 59.6 Å². The zero-order chi connectivity index (χ0) is 17.6. The standard InChI is InChI=1S/C13H17ClF3NO5/c1-12(2,3)23-11(20)18-6(10(19)22-5-14)4-21-9-7(8(9)18)13(15,16)17/h6-9H,4-5H2,1-3H3/t6-,7?,8+,9-/m0/s1. The largest absolute Gasteiger partial charge is 0.448 e. The molecule has 2 aliphatic rings. The molecule has 0 aromatic rings. The van der Waals surface area contributed by atoms with Gasteiger partial charge in [0.1, 0.15) is 11.5 Å². The van der Waals surface area contributed by atoms with E-state index >= 15 is 0 Å². The highest BCUT2D eigenvalue weighted by atomic mass is 35.5. The fourth-order valence-corrected chi connectivity index (χ4v) is 2.67. The maximum Gasteiger partial charge on any atom is 0.411 e. The molecule has 1 saturated carbocycles. The van der Waals surface area contributed by atoms with Crippen LogP contribution in [0.3, 0.4) is 0 Å². The van der Waals surface area contributed by atoms with Gasteiger partial charge in [-0.1, -0.05) is 11.6 Å². The lowest BCUT2D eigenvalue weighted by molar-refractivity contribution is -0.157. The molecule has 1 aliphatic carbocycles. The summed E-state index contributed by atoms with van der Waals surface area (Å²) in [6.07, 6.45) is -6.75. The number of nitrogens with zero attached hydrogens (tertiary/aromatic N) is 1. The Kier molecular flexibility index (Phi) is 4.74. The second-order valence-corrected chi connectivity index (χ2v) is 6.55. The summed E-state index contributed by atoms with van der Waals surface area (Å²) in [5, 5.41) is 0. The number of carbonyl (C=O) groups excluding carboxylic acids is 2. The molecule has 10 heteroatoms. The molecule has 1 amide bonds. The van der Waals surface area contributed by atoms with Crippen molar-refractivity contribution >= 4 is 23.7 Å². The van der Waals surface area contributed by atoms with Crippen molar-refractivity contribution < 1.29 is 37.0 Å². The lowest BCUT2D eigenvalue weighted by Crippen LogP contribution is -2.55. The predicted molar refractivity (Wildman–Crippen MR) is 71.7 cm³/mol. The molecule has 0 N–H and O–H groups in total. The molecule has 0 aromatic carbocycles. The summed E-state index contributed by atoms with van der Waals surface area (Å²) in [5.74, 6) is -2.78. The number of ether oxygens (including phenoxy) is 3. The SMILES string of the molecule is CC(C)(C)OC(=O)N1[C@@H]2C(C(F)(F)F)[C@@H]2OC[C@H]1C(=O)OCCl. The van der Waals surface area contributed by atoms with Gasteiger partial charge in [-0.2, -0.15) is 13.2 Å². The second-order valence-electron chi connectivity index (χ2n) is 6.33. The van der Waals surface area contributed by atoms with Crippen molar-refractivity contribution in [3.8, 4) is 0 Å². The molecule has 132 valence electrons. The average molecular weight is 360 g/mol. The van der Waals surface area contributed by atoms with Crippen LogP contribution in [0.2, 0.25) is 0 Å². The first-order valence-corrected chi connectivity index (χ1v) is 7.43. The van der Waals surface area contributed by atoms with Gasteiger partial charge < -0.3 is 14.2 Å². The zero-order valence-corrected chi connectivity index (χ0v) is 13.5. The molecule has 0 bridgehead atoms. The zero-order valence-electron chi connectivity index (χ0n) is 12.7. The van der Waals surface area contributed by atoms with E-state index in [0.29, 0.717) is 0 Å². The lowest BCUT2D eigenvalue weighted by atomic mass is 10.2. The van der Waals surface area contributed by atoms with E-state index in [0.717, 1.165) is 4.90 Å². The number of halogens is 4. The van der Waals surface area contributed by atoms with Crippen LogP contribution in [0.4, 0.5) is 18.0 Å². The van der Waals surface area contributed by atoms with Gasteiger partial charge in [0.25, 0.3) is 0 Å². The van der Waals surface area contributed by atoms with E-state index in [9.17, 15) is 22.8 Å². The summed E-state index contributed by atoms with van der Waals surface area (Å²) in [5.41, 5.74) is -0.922. The van der Waals surface area contributed by atoms with Crippen LogP contribution in [0, 0.1) is 5.92 Å². The normalized spacial score (nSPS) is 30.5. The number of rotatable bonds is 2. The lowest BCUT2D eigenvalue weighted by Gasteiger charge is -2.34. The van der Waals surface area contributed by atoms with E-state index in [1.807, 2.05) is 0 Å². The number of amides is 1. The summed E-state index contributed by atoms with van der Waals surface area (Å²) >= 11 is 5.30. The van der Waals surface area contributed by atoms with Crippen molar-refractivity contribution in [3.05, 3.63) is 0 Å². The highest BCUT2D eigenvalue weighted by Gasteiger charge is 2.72. The van der Waals surface area contributed by atoms with E-state index in [-0.39, 0.29) is 0 Å². The highest BCUT2D eigenvalue weighted by molar-refractivity contribution is 6.17. The van der Waals surface area contributed by atoms with E-state index in [2.05, 4.69) is 4.74 Å². The van der Waals surface area contributed by atoms with Gasteiger partial charge in [0.05, 0.1) is 18.8 Å². The summed E-state index contributed by atoms with van der Waals surface area (Å²) in [6, 6.07) is -3.10. The first kappa shape index (κ1) is 18.1. The van der Waals surface area contributed by atoms with Crippen LogP contribution in [0.5, 0.6) is 0 Å². The molecule has 1 heterocycles.